The Labute approximate surface area is 153 Å². The number of nitrogens with zero attached hydrogens (tertiary/aromatic N) is 2. The summed E-state index contributed by atoms with van der Waals surface area (Å²) in [5.74, 6) is -0.106. The molecule has 0 atom stereocenters. The molecule has 6 nitrogen and oxygen atoms in total. The van der Waals surface area contributed by atoms with Crippen LogP contribution in [0.5, 0.6) is 0 Å². The molecule has 0 saturated carbocycles. The standard InChI is InChI=1S/C17H23N3O3S2/c1-4-20(5-2)25(22,23)16-8-6-14(7-9-16)11-18-17(21)10-15-12-24-13(3)19-15/h6-9,12H,4-5,10-11H2,1-3H3,(H,18,21). The number of carbonyl (C=O) groups is 1. The maximum atomic E-state index is 12.4. The van der Waals surface area contributed by atoms with Crippen molar-refractivity contribution in [1.82, 2.24) is 14.6 Å². The Morgan fingerprint density at radius 1 is 1.20 bits per heavy atom. The molecule has 136 valence electrons. The van der Waals surface area contributed by atoms with Crippen molar-refractivity contribution in [2.75, 3.05) is 13.1 Å². The van der Waals surface area contributed by atoms with Gasteiger partial charge in [-0.3, -0.25) is 4.79 Å². The largest absolute Gasteiger partial charge is 0.352 e. The van der Waals surface area contributed by atoms with E-state index in [1.165, 1.54) is 15.6 Å². The second-order valence-electron chi connectivity index (χ2n) is 5.54. The summed E-state index contributed by atoms with van der Waals surface area (Å²) in [6.07, 6.45) is 0.249. The van der Waals surface area contributed by atoms with Crippen molar-refractivity contribution in [3.63, 3.8) is 0 Å². The van der Waals surface area contributed by atoms with Gasteiger partial charge in [-0.25, -0.2) is 13.4 Å². The maximum Gasteiger partial charge on any atom is 0.243 e. The zero-order valence-corrected chi connectivity index (χ0v) is 16.3. The summed E-state index contributed by atoms with van der Waals surface area (Å²) in [6.45, 7) is 6.76. The number of amides is 1. The molecule has 2 rings (SSSR count). The van der Waals surface area contributed by atoms with Crippen LogP contribution in [0.2, 0.25) is 0 Å². The van der Waals surface area contributed by atoms with Crippen molar-refractivity contribution in [3.05, 3.63) is 45.9 Å². The van der Waals surface area contributed by atoms with Crippen molar-refractivity contribution in [2.24, 2.45) is 0 Å². The van der Waals surface area contributed by atoms with Crippen LogP contribution in [0.1, 0.15) is 30.1 Å². The molecule has 1 aromatic heterocycles. The summed E-state index contributed by atoms with van der Waals surface area (Å²) in [5.41, 5.74) is 1.61. The van der Waals surface area contributed by atoms with Crippen LogP contribution in [0.25, 0.3) is 0 Å². The number of carbonyl (C=O) groups excluding carboxylic acids is 1. The van der Waals surface area contributed by atoms with E-state index in [0.717, 1.165) is 16.3 Å². The van der Waals surface area contributed by atoms with Crippen molar-refractivity contribution in [2.45, 2.75) is 38.6 Å². The lowest BCUT2D eigenvalue weighted by Gasteiger charge is -2.18. The van der Waals surface area contributed by atoms with Gasteiger partial charge in [0, 0.05) is 25.0 Å². The van der Waals surface area contributed by atoms with Gasteiger partial charge in [0.05, 0.1) is 22.0 Å². The van der Waals surface area contributed by atoms with Crippen LogP contribution >= 0.6 is 11.3 Å². The average molecular weight is 382 g/mol. The third kappa shape index (κ3) is 5.10. The first kappa shape index (κ1) is 19.6. The molecule has 0 bridgehead atoms. The van der Waals surface area contributed by atoms with Crippen molar-refractivity contribution >= 4 is 27.3 Å². The van der Waals surface area contributed by atoms with Crippen LogP contribution in [-0.4, -0.2) is 36.7 Å². The Bertz CT molecular complexity index is 810. The minimum atomic E-state index is -3.45. The van der Waals surface area contributed by atoms with E-state index in [1.54, 1.807) is 24.3 Å². The lowest BCUT2D eigenvalue weighted by molar-refractivity contribution is -0.120. The normalized spacial score (nSPS) is 11.7. The minimum Gasteiger partial charge on any atom is -0.352 e. The predicted octanol–water partition coefficient (Wildman–Crippen LogP) is 2.34. The summed E-state index contributed by atoms with van der Waals surface area (Å²) >= 11 is 1.52. The molecule has 0 spiro atoms. The van der Waals surface area contributed by atoms with Crippen molar-refractivity contribution in [1.29, 1.82) is 0 Å². The highest BCUT2D eigenvalue weighted by atomic mass is 32.2. The Hall–Kier alpha value is -1.77. The van der Waals surface area contributed by atoms with E-state index < -0.39 is 10.0 Å². The van der Waals surface area contributed by atoms with Gasteiger partial charge in [-0.2, -0.15) is 4.31 Å². The molecule has 0 unspecified atom stereocenters. The third-order valence-electron chi connectivity index (χ3n) is 3.76. The molecule has 0 aliphatic rings. The van der Waals surface area contributed by atoms with Gasteiger partial charge in [-0.1, -0.05) is 26.0 Å². The smallest absolute Gasteiger partial charge is 0.243 e. The number of benzene rings is 1. The molecule has 0 fully saturated rings. The van der Waals surface area contributed by atoms with Gasteiger partial charge in [0.15, 0.2) is 0 Å². The van der Waals surface area contributed by atoms with Crippen molar-refractivity contribution in [3.8, 4) is 0 Å². The van der Waals surface area contributed by atoms with E-state index in [2.05, 4.69) is 10.3 Å². The van der Waals surface area contributed by atoms with Gasteiger partial charge < -0.3 is 5.32 Å². The quantitative estimate of drug-likeness (QED) is 0.761. The first-order valence-electron chi connectivity index (χ1n) is 8.13. The topological polar surface area (TPSA) is 79.4 Å². The molecule has 1 N–H and O–H groups in total. The zero-order chi connectivity index (χ0) is 18.4. The molecule has 2 aromatic rings. The number of hydrogen-bond acceptors (Lipinski definition) is 5. The van der Waals surface area contributed by atoms with Gasteiger partial charge >= 0.3 is 0 Å². The summed E-state index contributed by atoms with van der Waals surface area (Å²) in [7, 11) is -3.45. The number of aromatic nitrogens is 1. The number of thiazole rings is 1. The second-order valence-corrected chi connectivity index (χ2v) is 8.54. The van der Waals surface area contributed by atoms with Crippen LogP contribution in [0.4, 0.5) is 0 Å². The fourth-order valence-electron chi connectivity index (χ4n) is 2.41. The summed E-state index contributed by atoms with van der Waals surface area (Å²) < 4.78 is 26.3. The van der Waals surface area contributed by atoms with E-state index in [-0.39, 0.29) is 17.2 Å². The molecule has 25 heavy (non-hydrogen) atoms. The highest BCUT2D eigenvalue weighted by molar-refractivity contribution is 7.89. The van der Waals surface area contributed by atoms with E-state index in [4.69, 9.17) is 0 Å². The first-order chi connectivity index (χ1) is 11.9. The first-order valence-corrected chi connectivity index (χ1v) is 10.5. The molecule has 1 aromatic carbocycles. The fourth-order valence-corrected chi connectivity index (χ4v) is 4.48. The number of nitrogens with one attached hydrogen (secondary N) is 1. The molecule has 8 heteroatoms. The number of hydrogen-bond donors (Lipinski definition) is 1. The van der Waals surface area contributed by atoms with E-state index in [1.807, 2.05) is 26.2 Å². The van der Waals surface area contributed by atoms with Gasteiger partial charge in [-0.15, -0.1) is 11.3 Å². The monoisotopic (exact) mass is 381 g/mol. The number of aryl methyl sites for hydroxylation is 1. The second kappa shape index (κ2) is 8.55. The van der Waals surface area contributed by atoms with Crippen LogP contribution in [0.3, 0.4) is 0 Å². The van der Waals surface area contributed by atoms with Gasteiger partial charge in [-0.05, 0) is 24.6 Å². The third-order valence-corrected chi connectivity index (χ3v) is 6.65. The van der Waals surface area contributed by atoms with Crippen LogP contribution < -0.4 is 5.32 Å². The summed E-state index contributed by atoms with van der Waals surface area (Å²) in [4.78, 5) is 16.5. The molecule has 0 radical (unpaired) electrons. The number of sulfonamides is 1. The van der Waals surface area contributed by atoms with E-state index in [9.17, 15) is 13.2 Å². The summed E-state index contributed by atoms with van der Waals surface area (Å²) in [6, 6.07) is 6.62. The minimum absolute atomic E-state index is 0.106. The van der Waals surface area contributed by atoms with Crippen LogP contribution in [0, 0.1) is 6.92 Å². The van der Waals surface area contributed by atoms with Gasteiger partial charge in [0.1, 0.15) is 0 Å². The van der Waals surface area contributed by atoms with Crippen LogP contribution in [-0.2, 0) is 27.8 Å². The highest BCUT2D eigenvalue weighted by Gasteiger charge is 2.21. The van der Waals surface area contributed by atoms with Gasteiger partial charge in [0.25, 0.3) is 0 Å². The molecular weight excluding hydrogens is 358 g/mol. The molecule has 1 amide bonds. The van der Waals surface area contributed by atoms with E-state index >= 15 is 0 Å². The Kier molecular flexibility index (Phi) is 6.69. The lowest BCUT2D eigenvalue weighted by atomic mass is 10.2. The lowest BCUT2D eigenvalue weighted by Crippen LogP contribution is -2.30. The van der Waals surface area contributed by atoms with Crippen molar-refractivity contribution < 1.29 is 13.2 Å². The zero-order valence-electron chi connectivity index (χ0n) is 14.7. The Morgan fingerprint density at radius 2 is 1.84 bits per heavy atom. The fraction of sp³-hybridized carbons (Fsp3) is 0.412. The SMILES string of the molecule is CCN(CC)S(=O)(=O)c1ccc(CNC(=O)Cc2csc(C)n2)cc1. The Morgan fingerprint density at radius 3 is 2.36 bits per heavy atom. The molecule has 0 aliphatic heterocycles. The average Bonchev–Trinajstić information content (AvgIpc) is 2.99. The molecule has 1 heterocycles. The molecule has 0 aliphatic carbocycles. The van der Waals surface area contributed by atoms with Crippen LogP contribution in [0.15, 0.2) is 34.5 Å². The Balaban J connectivity index is 1.95. The number of rotatable bonds is 8. The molecule has 0 saturated heterocycles. The predicted molar refractivity (Wildman–Crippen MR) is 99.0 cm³/mol. The van der Waals surface area contributed by atoms with Gasteiger partial charge in [0.2, 0.25) is 15.9 Å². The maximum absolute atomic E-state index is 12.4. The highest BCUT2D eigenvalue weighted by Crippen LogP contribution is 2.16. The summed E-state index contributed by atoms with van der Waals surface area (Å²) in [5, 5.41) is 5.64. The molecular formula is C17H23N3O3S2. The van der Waals surface area contributed by atoms with E-state index in [0.29, 0.717) is 19.6 Å².